The van der Waals surface area contributed by atoms with Gasteiger partial charge in [0.1, 0.15) is 0 Å². The van der Waals surface area contributed by atoms with Crippen LogP contribution < -0.4 is 0 Å². The molecule has 0 fully saturated rings. The summed E-state index contributed by atoms with van der Waals surface area (Å²) in [6, 6.07) is 0. The van der Waals surface area contributed by atoms with Gasteiger partial charge in [-0.2, -0.15) is 8.78 Å². The van der Waals surface area contributed by atoms with Gasteiger partial charge in [-0.1, -0.05) is 19.9 Å². The molecule has 0 heterocycles. The first-order valence-corrected chi connectivity index (χ1v) is 3.75. The molecule has 74 valence electrons. The summed E-state index contributed by atoms with van der Waals surface area (Å²) in [7, 11) is 0. The summed E-state index contributed by atoms with van der Waals surface area (Å²) in [4.78, 5) is 3.58. The minimum atomic E-state index is -2.96. The highest BCUT2D eigenvalue weighted by Crippen LogP contribution is 1.95. The van der Waals surface area contributed by atoms with Crippen molar-refractivity contribution < 1.29 is 13.5 Å². The topological polar surface area (TPSA) is 45.4 Å². The molecule has 0 aliphatic carbocycles. The van der Waals surface area contributed by atoms with Crippen molar-refractivity contribution in [1.29, 1.82) is 5.41 Å². The maximum absolute atomic E-state index is 11.5. The Labute approximate surface area is 75.6 Å². The second kappa shape index (κ2) is 6.28. The number of nitrogens with zero attached hydrogens (tertiary/aromatic N) is 1. The lowest BCUT2D eigenvalue weighted by Crippen LogP contribution is -2.08. The Morgan fingerprint density at radius 2 is 2.08 bits per heavy atom. The van der Waals surface area contributed by atoms with Gasteiger partial charge in [0.2, 0.25) is 5.90 Å². The molecule has 0 bridgehead atoms. The molecule has 0 aromatic carbocycles. The van der Waals surface area contributed by atoms with Crippen molar-refractivity contribution in [2.24, 2.45) is 10.9 Å². The summed E-state index contributed by atoms with van der Waals surface area (Å²) >= 11 is 0. The molecule has 0 saturated carbocycles. The van der Waals surface area contributed by atoms with Crippen LogP contribution in [0.5, 0.6) is 0 Å². The summed E-state index contributed by atoms with van der Waals surface area (Å²) in [5.41, 5.74) is 0. The molecule has 0 unspecified atom stereocenters. The minimum Gasteiger partial charge on any atom is -0.416 e. The fraction of sp³-hybridized carbons (Fsp3) is 0.500. The third-order valence-corrected chi connectivity index (χ3v) is 0.965. The molecule has 1 N–H and O–H groups in total. The third-order valence-electron chi connectivity index (χ3n) is 0.965. The molecule has 0 aliphatic rings. The van der Waals surface area contributed by atoms with E-state index in [0.717, 1.165) is 6.21 Å². The van der Waals surface area contributed by atoms with Crippen molar-refractivity contribution >= 4 is 12.1 Å². The number of allylic oxidation sites excluding steroid dienone is 1. The molecule has 0 spiro atoms. The van der Waals surface area contributed by atoms with E-state index >= 15 is 0 Å². The summed E-state index contributed by atoms with van der Waals surface area (Å²) in [5.74, 6) is -0.314. The summed E-state index contributed by atoms with van der Waals surface area (Å²) in [6.07, 6.45) is 4.13. The highest BCUT2D eigenvalue weighted by molar-refractivity contribution is 6.24. The van der Waals surface area contributed by atoms with Gasteiger partial charge in [0.15, 0.2) is 0 Å². The highest BCUT2D eigenvalue weighted by Gasteiger charge is 2.03. The maximum atomic E-state index is 11.5. The average Bonchev–Trinajstić information content (AvgIpc) is 1.96. The third kappa shape index (κ3) is 8.65. The van der Waals surface area contributed by atoms with Gasteiger partial charge >= 0.3 is 6.61 Å². The van der Waals surface area contributed by atoms with Crippen LogP contribution in [0.3, 0.4) is 0 Å². The molecule has 0 aromatic heterocycles. The van der Waals surface area contributed by atoms with E-state index in [-0.39, 0.29) is 0 Å². The Hall–Kier alpha value is -1.26. The van der Waals surface area contributed by atoms with Gasteiger partial charge in [0.25, 0.3) is 0 Å². The molecule has 0 saturated heterocycles. The van der Waals surface area contributed by atoms with Gasteiger partial charge in [-0.25, -0.2) is 0 Å². The molecule has 0 aromatic rings. The maximum Gasteiger partial charge on any atom is 0.388 e. The normalized spacial score (nSPS) is 12.2. The zero-order valence-electron chi connectivity index (χ0n) is 7.50. The van der Waals surface area contributed by atoms with E-state index in [9.17, 15) is 8.78 Å². The summed E-state index contributed by atoms with van der Waals surface area (Å²) < 4.78 is 26.7. The Morgan fingerprint density at radius 3 is 2.54 bits per heavy atom. The molecule has 5 heteroatoms. The van der Waals surface area contributed by atoms with E-state index in [4.69, 9.17) is 5.41 Å². The van der Waals surface area contributed by atoms with Crippen LogP contribution in [0.25, 0.3) is 0 Å². The second-order valence-electron chi connectivity index (χ2n) is 2.61. The van der Waals surface area contributed by atoms with Crippen molar-refractivity contribution in [2.45, 2.75) is 20.5 Å². The molecule has 13 heavy (non-hydrogen) atoms. The number of hydrogen-bond acceptors (Lipinski definition) is 3. The van der Waals surface area contributed by atoms with Crippen LogP contribution in [0.1, 0.15) is 13.8 Å². The lowest BCUT2D eigenvalue weighted by atomic mass is 10.2. The van der Waals surface area contributed by atoms with Crippen molar-refractivity contribution in [3.8, 4) is 0 Å². The Morgan fingerprint density at radius 1 is 1.46 bits per heavy atom. The smallest absolute Gasteiger partial charge is 0.388 e. The highest BCUT2D eigenvalue weighted by atomic mass is 19.3. The summed E-state index contributed by atoms with van der Waals surface area (Å²) in [5, 5.41) is 6.82. The van der Waals surface area contributed by atoms with Crippen molar-refractivity contribution in [3.05, 3.63) is 12.3 Å². The fourth-order valence-corrected chi connectivity index (χ4v) is 0.459. The number of hydrogen-bond donors (Lipinski definition) is 1. The molecular formula is C8H12F2N2O. The predicted octanol–water partition coefficient (Wildman–Crippen LogP) is 2.44. The SMILES string of the molecule is CC(C)/C=C/N=CC(=N)OC(F)F. The first-order valence-electron chi connectivity index (χ1n) is 3.75. The molecular weight excluding hydrogens is 178 g/mol. The van der Waals surface area contributed by atoms with Crippen LogP contribution >= 0.6 is 0 Å². The lowest BCUT2D eigenvalue weighted by Gasteiger charge is -1.98. The van der Waals surface area contributed by atoms with Gasteiger partial charge in [-0.15, -0.1) is 0 Å². The van der Waals surface area contributed by atoms with Crippen LogP contribution in [0.15, 0.2) is 17.3 Å². The van der Waals surface area contributed by atoms with E-state index < -0.39 is 12.5 Å². The molecule has 3 nitrogen and oxygen atoms in total. The van der Waals surface area contributed by atoms with Crippen LogP contribution in [0.4, 0.5) is 8.78 Å². The van der Waals surface area contributed by atoms with E-state index in [2.05, 4.69) is 9.73 Å². The Balaban J connectivity index is 3.78. The standard InChI is InChI=1S/C8H12F2N2O/c1-6(2)3-4-12-5-7(11)13-8(9)10/h3-6,8,11H,1-2H3/b4-3+,11-7?,12-5?. The Bertz CT molecular complexity index is 212. The fourth-order valence-electron chi connectivity index (χ4n) is 0.459. The molecule has 0 atom stereocenters. The molecule has 0 amide bonds. The van der Waals surface area contributed by atoms with Crippen molar-refractivity contribution in [3.63, 3.8) is 0 Å². The zero-order chi connectivity index (χ0) is 10.3. The number of ether oxygens (including phenoxy) is 1. The number of rotatable bonds is 4. The van der Waals surface area contributed by atoms with Gasteiger partial charge in [-0.05, 0) is 5.92 Å². The van der Waals surface area contributed by atoms with E-state index in [1.807, 2.05) is 13.8 Å². The summed E-state index contributed by atoms with van der Waals surface area (Å²) in [6.45, 7) is 0.938. The Kier molecular flexibility index (Phi) is 5.67. The predicted molar refractivity (Wildman–Crippen MR) is 47.3 cm³/mol. The minimum absolute atomic E-state index is 0.336. The molecule has 0 radical (unpaired) electrons. The monoisotopic (exact) mass is 190 g/mol. The van der Waals surface area contributed by atoms with Gasteiger partial charge < -0.3 is 4.74 Å². The molecule has 0 aliphatic heterocycles. The van der Waals surface area contributed by atoms with Crippen LogP contribution in [-0.2, 0) is 4.74 Å². The van der Waals surface area contributed by atoms with E-state index in [1.54, 1.807) is 6.08 Å². The van der Waals surface area contributed by atoms with Gasteiger partial charge in [0.05, 0.1) is 6.21 Å². The van der Waals surface area contributed by atoms with Crippen molar-refractivity contribution in [2.75, 3.05) is 0 Å². The zero-order valence-corrected chi connectivity index (χ0v) is 7.50. The first-order chi connectivity index (χ1) is 6.02. The quantitative estimate of drug-likeness (QED) is 0.537. The first kappa shape index (κ1) is 11.7. The van der Waals surface area contributed by atoms with Crippen LogP contribution in [0.2, 0.25) is 0 Å². The largest absolute Gasteiger partial charge is 0.416 e. The lowest BCUT2D eigenvalue weighted by molar-refractivity contribution is -0.0586. The molecule has 0 rings (SSSR count). The average molecular weight is 190 g/mol. The van der Waals surface area contributed by atoms with Crippen molar-refractivity contribution in [1.82, 2.24) is 0 Å². The second-order valence-corrected chi connectivity index (χ2v) is 2.61. The van der Waals surface area contributed by atoms with Crippen LogP contribution in [-0.4, -0.2) is 18.7 Å². The van der Waals surface area contributed by atoms with Gasteiger partial charge in [0, 0.05) is 6.20 Å². The number of aliphatic imine (C=N–C) groups is 1. The number of nitrogens with one attached hydrogen (secondary N) is 1. The van der Waals surface area contributed by atoms with E-state index in [1.165, 1.54) is 6.20 Å². The number of halogens is 2. The van der Waals surface area contributed by atoms with E-state index in [0.29, 0.717) is 5.92 Å². The van der Waals surface area contributed by atoms with Gasteiger partial charge in [-0.3, -0.25) is 10.4 Å². The van der Waals surface area contributed by atoms with Crippen LogP contribution in [0, 0.1) is 11.3 Å². The number of alkyl halides is 2.